The standard InChI is InChI=1S/C29H39N3O2/c1-21-12-13-26(29(33)32-16-6-9-23-8-3-4-11-27(23)32)28(30-21)24-14-17-31(18-15-24)20-22-7-5-10-25(19-22)34-2/h5,7,10,12-13,19,23-24,27H,3-4,6,8-9,11,14-18,20H2,1-2H3/t23-,27-/m0/s1. The fourth-order valence-electron chi connectivity index (χ4n) is 6.49. The molecular formula is C29H39N3O2. The van der Waals surface area contributed by atoms with Gasteiger partial charge in [0.2, 0.25) is 0 Å². The molecule has 0 unspecified atom stereocenters. The van der Waals surface area contributed by atoms with Crippen LogP contribution >= 0.6 is 0 Å². The van der Waals surface area contributed by atoms with E-state index in [4.69, 9.17) is 9.72 Å². The quantitative estimate of drug-likeness (QED) is 0.584. The Kier molecular flexibility index (Phi) is 7.19. The number of amides is 1. The van der Waals surface area contributed by atoms with Gasteiger partial charge in [-0.05, 0) is 94.3 Å². The van der Waals surface area contributed by atoms with Gasteiger partial charge < -0.3 is 9.64 Å². The number of ether oxygens (including phenoxy) is 1. The molecule has 2 atom stereocenters. The van der Waals surface area contributed by atoms with Gasteiger partial charge in [0.25, 0.3) is 5.91 Å². The number of likely N-dealkylation sites (tertiary alicyclic amines) is 2. The average Bonchev–Trinajstić information content (AvgIpc) is 2.88. The third-order valence-corrected chi connectivity index (χ3v) is 8.31. The molecule has 2 aromatic rings. The highest BCUT2D eigenvalue weighted by Crippen LogP contribution is 2.37. The lowest BCUT2D eigenvalue weighted by molar-refractivity contribution is 0.0388. The molecular weight excluding hydrogens is 422 g/mol. The van der Waals surface area contributed by atoms with Crippen molar-refractivity contribution in [2.24, 2.45) is 5.92 Å². The van der Waals surface area contributed by atoms with Crippen LogP contribution in [0.2, 0.25) is 0 Å². The van der Waals surface area contributed by atoms with Crippen molar-refractivity contribution < 1.29 is 9.53 Å². The molecule has 1 amide bonds. The first-order valence-corrected chi connectivity index (χ1v) is 13.3. The van der Waals surface area contributed by atoms with E-state index in [2.05, 4.69) is 34.1 Å². The Labute approximate surface area is 204 Å². The van der Waals surface area contributed by atoms with Crippen LogP contribution in [0.5, 0.6) is 5.75 Å². The molecule has 2 saturated heterocycles. The fourth-order valence-corrected chi connectivity index (χ4v) is 6.49. The Hall–Kier alpha value is -2.40. The Morgan fingerprint density at radius 2 is 1.79 bits per heavy atom. The van der Waals surface area contributed by atoms with E-state index in [9.17, 15) is 4.79 Å². The molecule has 0 spiro atoms. The number of methoxy groups -OCH3 is 1. The lowest BCUT2D eigenvalue weighted by Crippen LogP contribution is -2.50. The third-order valence-electron chi connectivity index (χ3n) is 8.31. The monoisotopic (exact) mass is 461 g/mol. The van der Waals surface area contributed by atoms with E-state index in [1.807, 2.05) is 19.1 Å². The number of aryl methyl sites for hydroxylation is 1. The van der Waals surface area contributed by atoms with Crippen LogP contribution in [0.1, 0.15) is 84.6 Å². The van der Waals surface area contributed by atoms with Gasteiger partial charge in [-0.3, -0.25) is 14.7 Å². The minimum Gasteiger partial charge on any atom is -0.497 e. The van der Waals surface area contributed by atoms with Gasteiger partial charge >= 0.3 is 0 Å². The zero-order valence-electron chi connectivity index (χ0n) is 20.8. The van der Waals surface area contributed by atoms with Crippen LogP contribution in [0.15, 0.2) is 36.4 Å². The van der Waals surface area contributed by atoms with Crippen molar-refractivity contribution in [2.45, 2.75) is 76.8 Å². The lowest BCUT2D eigenvalue weighted by atomic mass is 9.78. The zero-order valence-corrected chi connectivity index (χ0v) is 20.8. The van der Waals surface area contributed by atoms with E-state index in [1.54, 1.807) is 7.11 Å². The summed E-state index contributed by atoms with van der Waals surface area (Å²) in [4.78, 5) is 23.6. The second-order valence-corrected chi connectivity index (χ2v) is 10.5. The van der Waals surface area contributed by atoms with E-state index in [-0.39, 0.29) is 5.91 Å². The molecule has 0 N–H and O–H groups in total. The lowest BCUT2D eigenvalue weighted by Gasteiger charge is -2.44. The van der Waals surface area contributed by atoms with Gasteiger partial charge in [-0.25, -0.2) is 0 Å². The van der Waals surface area contributed by atoms with Crippen LogP contribution in [-0.4, -0.2) is 53.5 Å². The van der Waals surface area contributed by atoms with Gasteiger partial charge in [0, 0.05) is 30.7 Å². The maximum Gasteiger partial charge on any atom is 0.255 e. The Morgan fingerprint density at radius 1 is 1.00 bits per heavy atom. The van der Waals surface area contributed by atoms with Crippen molar-refractivity contribution in [1.29, 1.82) is 0 Å². The van der Waals surface area contributed by atoms with E-state index in [1.165, 1.54) is 37.7 Å². The van der Waals surface area contributed by atoms with Gasteiger partial charge in [-0.2, -0.15) is 0 Å². The summed E-state index contributed by atoms with van der Waals surface area (Å²) in [5.41, 5.74) is 4.21. The van der Waals surface area contributed by atoms with E-state index >= 15 is 0 Å². The zero-order chi connectivity index (χ0) is 23.5. The molecule has 3 aliphatic rings. The summed E-state index contributed by atoms with van der Waals surface area (Å²) >= 11 is 0. The molecule has 0 bridgehead atoms. The Morgan fingerprint density at radius 3 is 2.62 bits per heavy atom. The summed E-state index contributed by atoms with van der Waals surface area (Å²) < 4.78 is 5.39. The normalized spacial score (nSPS) is 24.0. The summed E-state index contributed by atoms with van der Waals surface area (Å²) in [5, 5.41) is 0. The summed E-state index contributed by atoms with van der Waals surface area (Å²) in [6.07, 6.45) is 9.58. The predicted molar refractivity (Wildman–Crippen MR) is 135 cm³/mol. The van der Waals surface area contributed by atoms with Crippen molar-refractivity contribution in [3.63, 3.8) is 0 Å². The maximum atomic E-state index is 13.9. The number of carbonyl (C=O) groups is 1. The summed E-state index contributed by atoms with van der Waals surface area (Å²) in [6.45, 7) is 5.95. The van der Waals surface area contributed by atoms with E-state index < -0.39 is 0 Å². The van der Waals surface area contributed by atoms with Crippen LogP contribution in [0.4, 0.5) is 0 Å². The number of piperidine rings is 2. The second kappa shape index (κ2) is 10.5. The van der Waals surface area contributed by atoms with E-state index in [0.717, 1.165) is 68.1 Å². The molecule has 3 heterocycles. The first-order valence-electron chi connectivity index (χ1n) is 13.3. The summed E-state index contributed by atoms with van der Waals surface area (Å²) in [5.74, 6) is 2.20. The fraction of sp³-hybridized carbons (Fsp3) is 0.586. The smallest absolute Gasteiger partial charge is 0.255 e. The SMILES string of the molecule is COc1cccc(CN2CCC(c3nc(C)ccc3C(=O)N3CCC[C@@H]4CCCC[C@@H]43)CC2)c1. The molecule has 3 fully saturated rings. The molecule has 34 heavy (non-hydrogen) atoms. The molecule has 5 nitrogen and oxygen atoms in total. The number of hydrogen-bond donors (Lipinski definition) is 0. The molecule has 2 aliphatic heterocycles. The number of nitrogens with zero attached hydrogens (tertiary/aromatic N) is 3. The molecule has 182 valence electrons. The second-order valence-electron chi connectivity index (χ2n) is 10.5. The highest BCUT2D eigenvalue weighted by molar-refractivity contribution is 5.95. The highest BCUT2D eigenvalue weighted by atomic mass is 16.5. The summed E-state index contributed by atoms with van der Waals surface area (Å²) in [6, 6.07) is 12.9. The van der Waals surface area contributed by atoms with Gasteiger partial charge in [0.05, 0.1) is 18.4 Å². The van der Waals surface area contributed by atoms with Gasteiger partial charge in [-0.1, -0.05) is 25.0 Å². The number of pyridine rings is 1. The average molecular weight is 462 g/mol. The first-order chi connectivity index (χ1) is 16.6. The highest BCUT2D eigenvalue weighted by Gasteiger charge is 2.37. The number of rotatable bonds is 5. The molecule has 1 saturated carbocycles. The summed E-state index contributed by atoms with van der Waals surface area (Å²) in [7, 11) is 1.72. The van der Waals surface area contributed by atoms with Crippen molar-refractivity contribution >= 4 is 5.91 Å². The van der Waals surface area contributed by atoms with E-state index in [0.29, 0.717) is 17.9 Å². The first kappa shape index (κ1) is 23.3. The van der Waals surface area contributed by atoms with Crippen LogP contribution in [0.25, 0.3) is 0 Å². The van der Waals surface area contributed by atoms with Crippen LogP contribution in [-0.2, 0) is 6.54 Å². The van der Waals surface area contributed by atoms with Gasteiger partial charge in [0.1, 0.15) is 5.75 Å². The molecule has 5 rings (SSSR count). The minimum absolute atomic E-state index is 0.234. The molecule has 1 aromatic carbocycles. The van der Waals surface area contributed by atoms with Crippen LogP contribution in [0, 0.1) is 12.8 Å². The van der Waals surface area contributed by atoms with Gasteiger partial charge in [-0.15, -0.1) is 0 Å². The minimum atomic E-state index is 0.234. The number of fused-ring (bicyclic) bond motifs is 1. The number of benzene rings is 1. The number of aromatic nitrogens is 1. The third kappa shape index (κ3) is 5.00. The molecule has 0 radical (unpaired) electrons. The van der Waals surface area contributed by atoms with Crippen LogP contribution in [0.3, 0.4) is 0 Å². The van der Waals surface area contributed by atoms with Gasteiger partial charge in [0.15, 0.2) is 0 Å². The largest absolute Gasteiger partial charge is 0.497 e. The Balaban J connectivity index is 1.29. The maximum absolute atomic E-state index is 13.9. The van der Waals surface area contributed by atoms with Crippen LogP contribution < -0.4 is 4.74 Å². The molecule has 1 aromatic heterocycles. The van der Waals surface area contributed by atoms with Crippen molar-refractivity contribution in [2.75, 3.05) is 26.7 Å². The van der Waals surface area contributed by atoms with Crippen molar-refractivity contribution in [1.82, 2.24) is 14.8 Å². The molecule has 1 aliphatic carbocycles. The topological polar surface area (TPSA) is 45.7 Å². The molecule has 5 heteroatoms. The van der Waals surface area contributed by atoms with Crippen molar-refractivity contribution in [3.05, 3.63) is 58.9 Å². The van der Waals surface area contributed by atoms with Crippen molar-refractivity contribution in [3.8, 4) is 5.75 Å². The number of hydrogen-bond acceptors (Lipinski definition) is 4. The Bertz CT molecular complexity index is 997. The predicted octanol–water partition coefficient (Wildman–Crippen LogP) is 5.57. The number of carbonyl (C=O) groups excluding carboxylic acids is 1.